The number of hydrogen-bond donors (Lipinski definition) is 0. The normalized spacial score (nSPS) is 10.1. The lowest BCUT2D eigenvalue weighted by Crippen LogP contribution is -2.04. The van der Waals surface area contributed by atoms with Crippen LogP contribution in [-0.4, -0.2) is 5.78 Å². The average Bonchev–Trinajstić information content (AvgIpc) is 2.49. The molecule has 0 fully saturated rings. The second-order valence-corrected chi connectivity index (χ2v) is 4.86. The van der Waals surface area contributed by atoms with Crippen LogP contribution in [0.1, 0.15) is 46.0 Å². The molecule has 0 saturated heterocycles. The first kappa shape index (κ1) is 14.0. The molecule has 0 spiro atoms. The molecule has 100 valence electrons. The first-order valence-corrected chi connectivity index (χ1v) is 6.76. The highest BCUT2D eigenvalue weighted by Crippen LogP contribution is 2.21. The summed E-state index contributed by atoms with van der Waals surface area (Å²) < 4.78 is 0. The summed E-state index contributed by atoms with van der Waals surface area (Å²) in [4.78, 5) is 12.0. The Morgan fingerprint density at radius 1 is 1.20 bits per heavy atom. The van der Waals surface area contributed by atoms with Crippen LogP contribution in [0, 0.1) is 18.3 Å². The summed E-state index contributed by atoms with van der Waals surface area (Å²) >= 11 is 0. The Kier molecular flexibility index (Phi) is 4.32. The lowest BCUT2D eigenvalue weighted by molar-refractivity contribution is 0.0987. The Hall–Kier alpha value is -2.40. The molecule has 0 amide bonds. The minimum atomic E-state index is 0.0916. The van der Waals surface area contributed by atoms with E-state index in [0.717, 1.165) is 17.5 Å². The number of carbonyl (C=O) groups is 1. The molecule has 2 aromatic carbocycles. The van der Waals surface area contributed by atoms with Crippen molar-refractivity contribution < 1.29 is 4.79 Å². The highest BCUT2D eigenvalue weighted by molar-refractivity contribution is 5.97. The van der Waals surface area contributed by atoms with Gasteiger partial charge in [0.1, 0.15) is 0 Å². The molecule has 0 aromatic heterocycles. The maximum Gasteiger partial charge on any atom is 0.162 e. The Bertz CT molecular complexity index is 666. The number of ketones is 1. The molecule has 0 aliphatic rings. The molecule has 0 aliphatic carbocycles. The second kappa shape index (κ2) is 6.16. The summed E-state index contributed by atoms with van der Waals surface area (Å²) in [5.74, 6) is 0.0916. The first-order chi connectivity index (χ1) is 9.65. The molecule has 0 heterocycles. The van der Waals surface area contributed by atoms with Gasteiger partial charge >= 0.3 is 0 Å². The maximum absolute atomic E-state index is 12.0. The summed E-state index contributed by atoms with van der Waals surface area (Å²) in [5.41, 5.74) is 4.45. The first-order valence-electron chi connectivity index (χ1n) is 6.76. The number of nitriles is 1. The summed E-state index contributed by atoms with van der Waals surface area (Å²) in [7, 11) is 0. The van der Waals surface area contributed by atoms with Crippen LogP contribution in [0.4, 0.5) is 0 Å². The molecule has 2 aromatic rings. The van der Waals surface area contributed by atoms with Gasteiger partial charge in [0.15, 0.2) is 5.78 Å². The number of hydrogen-bond acceptors (Lipinski definition) is 2. The Labute approximate surface area is 119 Å². The standard InChI is InChI=1S/C18H17NO/c1-3-18(20)17-11-15(12-19)10-16(13(17)2)9-14-7-5-4-6-8-14/h4-8,10-11H,3,9H2,1-2H3. The smallest absolute Gasteiger partial charge is 0.162 e. The zero-order chi connectivity index (χ0) is 14.5. The Morgan fingerprint density at radius 3 is 2.50 bits per heavy atom. The third-order valence-corrected chi connectivity index (χ3v) is 3.50. The second-order valence-electron chi connectivity index (χ2n) is 4.86. The fourth-order valence-electron chi connectivity index (χ4n) is 2.32. The predicted octanol–water partition coefficient (Wildman–Crippen LogP) is 4.05. The molecule has 0 aliphatic heterocycles. The van der Waals surface area contributed by atoms with Crippen molar-refractivity contribution in [3.63, 3.8) is 0 Å². The minimum absolute atomic E-state index is 0.0916. The lowest BCUT2D eigenvalue weighted by atomic mass is 9.92. The van der Waals surface area contributed by atoms with Crippen LogP contribution in [0.2, 0.25) is 0 Å². The van der Waals surface area contributed by atoms with Crippen molar-refractivity contribution in [2.75, 3.05) is 0 Å². The van der Waals surface area contributed by atoms with Crippen molar-refractivity contribution in [3.05, 3.63) is 70.3 Å². The molecule has 0 radical (unpaired) electrons. The molecule has 2 heteroatoms. The van der Waals surface area contributed by atoms with Gasteiger partial charge in [0.2, 0.25) is 0 Å². The van der Waals surface area contributed by atoms with Gasteiger partial charge in [-0.2, -0.15) is 5.26 Å². The fraction of sp³-hybridized carbons (Fsp3) is 0.222. The van der Waals surface area contributed by atoms with Gasteiger partial charge in [-0.15, -0.1) is 0 Å². The molecule has 0 bridgehead atoms. The number of Topliss-reactive ketones (excluding diaryl/α,β-unsaturated/α-hetero) is 1. The van der Waals surface area contributed by atoms with E-state index in [9.17, 15) is 4.79 Å². The Balaban J connectivity index is 2.47. The van der Waals surface area contributed by atoms with E-state index >= 15 is 0 Å². The van der Waals surface area contributed by atoms with Crippen molar-refractivity contribution in [1.82, 2.24) is 0 Å². The topological polar surface area (TPSA) is 40.9 Å². The van der Waals surface area contributed by atoms with E-state index in [-0.39, 0.29) is 5.78 Å². The molecular weight excluding hydrogens is 246 g/mol. The van der Waals surface area contributed by atoms with E-state index in [1.54, 1.807) is 6.07 Å². The molecule has 2 nitrogen and oxygen atoms in total. The van der Waals surface area contributed by atoms with Gasteiger partial charge in [-0.05, 0) is 42.2 Å². The third kappa shape index (κ3) is 2.95. The molecule has 0 unspecified atom stereocenters. The van der Waals surface area contributed by atoms with E-state index < -0.39 is 0 Å². The zero-order valence-corrected chi connectivity index (χ0v) is 11.8. The van der Waals surface area contributed by atoms with Crippen LogP contribution < -0.4 is 0 Å². The summed E-state index contributed by atoms with van der Waals surface area (Å²) in [5, 5.41) is 9.14. The maximum atomic E-state index is 12.0. The Morgan fingerprint density at radius 2 is 1.90 bits per heavy atom. The molecule has 0 saturated carbocycles. The highest BCUT2D eigenvalue weighted by Gasteiger charge is 2.13. The molecule has 2 rings (SSSR count). The zero-order valence-electron chi connectivity index (χ0n) is 11.8. The number of carbonyl (C=O) groups excluding carboxylic acids is 1. The van der Waals surface area contributed by atoms with Gasteiger partial charge in [-0.1, -0.05) is 37.3 Å². The summed E-state index contributed by atoms with van der Waals surface area (Å²) in [6.07, 6.45) is 1.20. The van der Waals surface area contributed by atoms with E-state index in [4.69, 9.17) is 5.26 Å². The van der Waals surface area contributed by atoms with E-state index in [1.807, 2.05) is 38.1 Å². The van der Waals surface area contributed by atoms with E-state index in [1.165, 1.54) is 5.56 Å². The van der Waals surface area contributed by atoms with E-state index in [0.29, 0.717) is 17.5 Å². The van der Waals surface area contributed by atoms with Gasteiger partial charge in [0, 0.05) is 12.0 Å². The van der Waals surface area contributed by atoms with Gasteiger partial charge in [-0.3, -0.25) is 4.79 Å². The van der Waals surface area contributed by atoms with Gasteiger partial charge in [-0.25, -0.2) is 0 Å². The van der Waals surface area contributed by atoms with Crippen LogP contribution in [0.5, 0.6) is 0 Å². The van der Waals surface area contributed by atoms with Crippen LogP contribution in [0.3, 0.4) is 0 Å². The van der Waals surface area contributed by atoms with Gasteiger partial charge in [0.25, 0.3) is 0 Å². The average molecular weight is 263 g/mol. The quantitative estimate of drug-likeness (QED) is 0.781. The fourth-order valence-corrected chi connectivity index (χ4v) is 2.32. The molecule has 20 heavy (non-hydrogen) atoms. The number of nitrogens with zero attached hydrogens (tertiary/aromatic N) is 1. The predicted molar refractivity (Wildman–Crippen MR) is 79.8 cm³/mol. The molecular formula is C18H17NO. The van der Waals surface area contributed by atoms with Gasteiger partial charge in [0.05, 0.1) is 11.6 Å². The van der Waals surface area contributed by atoms with E-state index in [2.05, 4.69) is 18.2 Å². The molecule has 0 N–H and O–H groups in total. The van der Waals surface area contributed by atoms with Crippen LogP contribution in [0.15, 0.2) is 42.5 Å². The highest BCUT2D eigenvalue weighted by atomic mass is 16.1. The summed E-state index contributed by atoms with van der Waals surface area (Å²) in [6, 6.07) is 15.8. The number of benzene rings is 2. The lowest BCUT2D eigenvalue weighted by Gasteiger charge is -2.11. The van der Waals surface area contributed by atoms with Gasteiger partial charge < -0.3 is 0 Å². The largest absolute Gasteiger partial charge is 0.294 e. The monoisotopic (exact) mass is 263 g/mol. The number of rotatable bonds is 4. The van der Waals surface area contributed by atoms with Crippen molar-refractivity contribution >= 4 is 5.78 Å². The van der Waals surface area contributed by atoms with Crippen LogP contribution in [-0.2, 0) is 6.42 Å². The molecule has 0 atom stereocenters. The van der Waals surface area contributed by atoms with Crippen molar-refractivity contribution in [1.29, 1.82) is 5.26 Å². The SMILES string of the molecule is CCC(=O)c1cc(C#N)cc(Cc2ccccc2)c1C. The van der Waals surface area contributed by atoms with Crippen molar-refractivity contribution in [3.8, 4) is 6.07 Å². The van der Waals surface area contributed by atoms with Crippen LogP contribution in [0.25, 0.3) is 0 Å². The summed E-state index contributed by atoms with van der Waals surface area (Å²) in [6.45, 7) is 3.81. The third-order valence-electron chi connectivity index (χ3n) is 3.50. The van der Waals surface area contributed by atoms with Crippen molar-refractivity contribution in [2.45, 2.75) is 26.7 Å². The van der Waals surface area contributed by atoms with Crippen LogP contribution >= 0.6 is 0 Å². The minimum Gasteiger partial charge on any atom is -0.294 e. The van der Waals surface area contributed by atoms with Crippen molar-refractivity contribution in [2.24, 2.45) is 0 Å².